The largest absolute Gasteiger partial charge is 0.462 e. The monoisotopic (exact) mass is 462 g/mol. The predicted octanol–water partition coefficient (Wildman–Crippen LogP) is 2.91. The zero-order valence-corrected chi connectivity index (χ0v) is 19.1. The molecule has 1 aromatic carbocycles. The zero-order chi connectivity index (χ0) is 23.3. The minimum atomic E-state index is -0.665. The summed E-state index contributed by atoms with van der Waals surface area (Å²) in [6.07, 6.45) is 0.938. The molecule has 1 unspecified atom stereocenters. The molecule has 0 radical (unpaired) electrons. The first-order valence-electron chi connectivity index (χ1n) is 10.5. The van der Waals surface area contributed by atoms with Crippen molar-refractivity contribution in [2.24, 2.45) is 5.92 Å². The van der Waals surface area contributed by atoms with E-state index in [4.69, 9.17) is 20.9 Å². The molecule has 1 saturated heterocycles. The Labute approximate surface area is 191 Å². The molecule has 0 saturated carbocycles. The Hall–Kier alpha value is -2.91. The SMILES string of the molecule is CCOC(=O)c1c(-c2ccc(Cl)cc2)noc1NC(=O)C1CC(=O)N(CCCN(C)C)C1. The Morgan fingerprint density at radius 2 is 2.03 bits per heavy atom. The molecule has 0 bridgehead atoms. The van der Waals surface area contributed by atoms with Crippen molar-refractivity contribution < 1.29 is 23.6 Å². The fourth-order valence-electron chi connectivity index (χ4n) is 3.53. The first kappa shape index (κ1) is 23.7. The number of benzene rings is 1. The average Bonchev–Trinajstić information content (AvgIpc) is 3.32. The summed E-state index contributed by atoms with van der Waals surface area (Å²) < 4.78 is 10.4. The summed E-state index contributed by atoms with van der Waals surface area (Å²) in [6.45, 7) is 3.61. The summed E-state index contributed by atoms with van der Waals surface area (Å²) in [5, 5.41) is 7.13. The standard InChI is InChI=1S/C22H27ClN4O5/c1-4-31-22(30)18-19(14-6-8-16(23)9-7-14)25-32-21(18)24-20(29)15-12-17(28)27(13-15)11-5-10-26(2)3/h6-9,15H,4-5,10-13H2,1-3H3,(H,24,29). The van der Waals surface area contributed by atoms with E-state index in [0.717, 1.165) is 13.0 Å². The highest BCUT2D eigenvalue weighted by Gasteiger charge is 2.36. The Balaban J connectivity index is 1.75. The Morgan fingerprint density at radius 3 is 2.69 bits per heavy atom. The third-order valence-corrected chi connectivity index (χ3v) is 5.40. The molecule has 0 spiro atoms. The molecule has 32 heavy (non-hydrogen) atoms. The molecule has 1 aliphatic rings. The van der Waals surface area contributed by atoms with Gasteiger partial charge in [-0.2, -0.15) is 0 Å². The maximum Gasteiger partial charge on any atom is 0.346 e. The van der Waals surface area contributed by atoms with Crippen LogP contribution in [0.3, 0.4) is 0 Å². The number of halogens is 1. The van der Waals surface area contributed by atoms with Crippen LogP contribution in [0.25, 0.3) is 11.3 Å². The van der Waals surface area contributed by atoms with Crippen molar-refractivity contribution in [2.45, 2.75) is 19.8 Å². The highest BCUT2D eigenvalue weighted by molar-refractivity contribution is 6.30. The Bertz CT molecular complexity index is 973. The van der Waals surface area contributed by atoms with Crippen molar-refractivity contribution >= 4 is 35.3 Å². The minimum absolute atomic E-state index is 0.0229. The lowest BCUT2D eigenvalue weighted by Gasteiger charge is -2.18. The van der Waals surface area contributed by atoms with Gasteiger partial charge in [-0.3, -0.25) is 14.9 Å². The van der Waals surface area contributed by atoms with Crippen molar-refractivity contribution in [2.75, 3.05) is 45.7 Å². The maximum atomic E-state index is 12.9. The number of ether oxygens (including phenoxy) is 1. The molecule has 1 aliphatic heterocycles. The average molecular weight is 463 g/mol. The number of rotatable bonds is 9. The molecule has 9 nitrogen and oxygen atoms in total. The van der Waals surface area contributed by atoms with Crippen LogP contribution in [0.2, 0.25) is 5.02 Å². The van der Waals surface area contributed by atoms with Gasteiger partial charge in [0.1, 0.15) is 5.69 Å². The van der Waals surface area contributed by atoms with Gasteiger partial charge in [-0.05, 0) is 46.1 Å². The summed E-state index contributed by atoms with van der Waals surface area (Å²) >= 11 is 5.94. The molecule has 1 fully saturated rings. The molecule has 3 rings (SSSR count). The molecule has 10 heteroatoms. The number of carbonyl (C=O) groups excluding carboxylic acids is 3. The van der Waals surface area contributed by atoms with E-state index >= 15 is 0 Å². The predicted molar refractivity (Wildman–Crippen MR) is 119 cm³/mol. The van der Waals surface area contributed by atoms with Crippen molar-refractivity contribution in [3.63, 3.8) is 0 Å². The van der Waals surface area contributed by atoms with Gasteiger partial charge in [-0.15, -0.1) is 0 Å². The molecule has 172 valence electrons. The zero-order valence-electron chi connectivity index (χ0n) is 18.4. The fraction of sp³-hybridized carbons (Fsp3) is 0.455. The summed E-state index contributed by atoms with van der Waals surface area (Å²) in [6, 6.07) is 6.70. The highest BCUT2D eigenvalue weighted by Crippen LogP contribution is 2.31. The number of hydrogen-bond acceptors (Lipinski definition) is 7. The minimum Gasteiger partial charge on any atom is -0.462 e. The molecular weight excluding hydrogens is 436 g/mol. The van der Waals surface area contributed by atoms with Crippen LogP contribution < -0.4 is 5.32 Å². The topological polar surface area (TPSA) is 105 Å². The third kappa shape index (κ3) is 5.66. The first-order valence-corrected chi connectivity index (χ1v) is 10.8. The van der Waals surface area contributed by atoms with Crippen LogP contribution >= 0.6 is 11.6 Å². The molecule has 2 amide bonds. The van der Waals surface area contributed by atoms with Crippen LogP contribution in [0.5, 0.6) is 0 Å². The van der Waals surface area contributed by atoms with Crippen molar-refractivity contribution in [1.82, 2.24) is 15.0 Å². The summed E-state index contributed by atoms with van der Waals surface area (Å²) in [4.78, 5) is 41.5. The van der Waals surface area contributed by atoms with E-state index in [9.17, 15) is 14.4 Å². The van der Waals surface area contributed by atoms with Crippen LogP contribution in [0, 0.1) is 5.92 Å². The lowest BCUT2D eigenvalue weighted by Crippen LogP contribution is -2.30. The van der Waals surface area contributed by atoms with Gasteiger partial charge in [0, 0.05) is 30.1 Å². The molecule has 2 aromatic rings. The van der Waals surface area contributed by atoms with Gasteiger partial charge >= 0.3 is 5.97 Å². The van der Waals surface area contributed by atoms with Gasteiger partial charge in [0.25, 0.3) is 0 Å². The number of anilines is 1. The van der Waals surface area contributed by atoms with E-state index in [1.807, 2.05) is 19.0 Å². The molecule has 1 atom stereocenters. The number of aromatic nitrogens is 1. The van der Waals surface area contributed by atoms with E-state index in [1.165, 1.54) is 0 Å². The highest BCUT2D eigenvalue weighted by atomic mass is 35.5. The number of carbonyl (C=O) groups is 3. The number of esters is 1. The number of hydrogen-bond donors (Lipinski definition) is 1. The lowest BCUT2D eigenvalue weighted by molar-refractivity contribution is -0.128. The summed E-state index contributed by atoms with van der Waals surface area (Å²) in [5.74, 6) is -1.77. The van der Waals surface area contributed by atoms with Gasteiger partial charge in [0.05, 0.1) is 12.5 Å². The summed E-state index contributed by atoms with van der Waals surface area (Å²) in [7, 11) is 3.94. The number of nitrogens with zero attached hydrogens (tertiary/aromatic N) is 3. The van der Waals surface area contributed by atoms with Crippen LogP contribution in [-0.4, -0.2) is 73.1 Å². The number of likely N-dealkylation sites (tertiary alicyclic amines) is 1. The smallest absolute Gasteiger partial charge is 0.346 e. The Kier molecular flexibility index (Phi) is 7.87. The van der Waals surface area contributed by atoms with E-state index < -0.39 is 17.8 Å². The summed E-state index contributed by atoms with van der Waals surface area (Å²) in [5.41, 5.74) is 0.850. The molecule has 2 heterocycles. The molecule has 1 aromatic heterocycles. The molecular formula is C22H27ClN4O5. The van der Waals surface area contributed by atoms with Crippen LogP contribution in [0.4, 0.5) is 5.88 Å². The van der Waals surface area contributed by atoms with Crippen LogP contribution in [-0.2, 0) is 14.3 Å². The number of amides is 2. The second-order valence-electron chi connectivity index (χ2n) is 7.85. The molecule has 1 N–H and O–H groups in total. The quantitative estimate of drug-likeness (QED) is 0.571. The second kappa shape index (κ2) is 10.6. The normalized spacial score (nSPS) is 16.0. The maximum absolute atomic E-state index is 12.9. The second-order valence-corrected chi connectivity index (χ2v) is 8.29. The van der Waals surface area contributed by atoms with Gasteiger partial charge in [0.15, 0.2) is 5.56 Å². The van der Waals surface area contributed by atoms with Crippen molar-refractivity contribution in [1.29, 1.82) is 0 Å². The fourth-order valence-corrected chi connectivity index (χ4v) is 3.65. The van der Waals surface area contributed by atoms with Gasteiger partial charge in [-0.1, -0.05) is 28.9 Å². The molecule has 0 aliphatic carbocycles. The Morgan fingerprint density at radius 1 is 1.31 bits per heavy atom. The first-order chi connectivity index (χ1) is 15.3. The lowest BCUT2D eigenvalue weighted by atomic mass is 10.1. The van der Waals surface area contributed by atoms with E-state index in [-0.39, 0.29) is 36.1 Å². The third-order valence-electron chi connectivity index (χ3n) is 5.14. The van der Waals surface area contributed by atoms with Crippen LogP contribution in [0.15, 0.2) is 28.8 Å². The van der Waals surface area contributed by atoms with E-state index in [2.05, 4.69) is 10.5 Å². The van der Waals surface area contributed by atoms with Gasteiger partial charge < -0.3 is 19.1 Å². The van der Waals surface area contributed by atoms with Gasteiger partial charge in [0.2, 0.25) is 17.7 Å². The van der Waals surface area contributed by atoms with Crippen molar-refractivity contribution in [3.05, 3.63) is 34.9 Å². The van der Waals surface area contributed by atoms with Gasteiger partial charge in [-0.25, -0.2) is 4.79 Å². The van der Waals surface area contributed by atoms with E-state index in [0.29, 0.717) is 23.7 Å². The van der Waals surface area contributed by atoms with E-state index in [1.54, 1.807) is 36.1 Å². The van der Waals surface area contributed by atoms with Crippen molar-refractivity contribution in [3.8, 4) is 11.3 Å². The number of nitrogens with one attached hydrogen (secondary N) is 1. The van der Waals surface area contributed by atoms with Crippen LogP contribution in [0.1, 0.15) is 30.1 Å².